The van der Waals surface area contributed by atoms with Crippen molar-refractivity contribution in [3.63, 3.8) is 0 Å². The summed E-state index contributed by atoms with van der Waals surface area (Å²) in [5.74, 6) is -1.19. The van der Waals surface area contributed by atoms with E-state index in [0.29, 0.717) is 0 Å². The fraction of sp³-hybridized carbons (Fsp3) is 0.250. The van der Waals surface area contributed by atoms with Crippen LogP contribution in [0, 0.1) is 5.41 Å². The van der Waals surface area contributed by atoms with E-state index in [4.69, 9.17) is 4.74 Å². The number of fused-ring (bicyclic) bond motifs is 1. The van der Waals surface area contributed by atoms with E-state index in [2.05, 4.69) is 0 Å². The van der Waals surface area contributed by atoms with Gasteiger partial charge in [-0.1, -0.05) is 42.5 Å². The summed E-state index contributed by atoms with van der Waals surface area (Å²) in [4.78, 5) is 23.4. The van der Waals surface area contributed by atoms with Crippen LogP contribution >= 0.6 is 0 Å². The molecule has 3 nitrogen and oxygen atoms in total. The normalized spacial score (nSPS) is 21.7. The van der Waals surface area contributed by atoms with Gasteiger partial charge >= 0.3 is 5.97 Å². The first kappa shape index (κ1) is 11.9. The Morgan fingerprint density at radius 2 is 1.68 bits per heavy atom. The molecular weight excluding hydrogens is 240 g/mol. The number of ether oxygens (including phenoxy) is 1. The Balaban J connectivity index is 2.21. The largest absolute Gasteiger partial charge is 0.451 e. The monoisotopic (exact) mass is 254 g/mol. The molecule has 96 valence electrons. The third kappa shape index (κ3) is 1.65. The van der Waals surface area contributed by atoms with Crippen LogP contribution in [0.4, 0.5) is 0 Å². The van der Waals surface area contributed by atoms with Crippen molar-refractivity contribution >= 4 is 22.5 Å². The topological polar surface area (TPSA) is 43.4 Å². The molecule has 0 N–H and O–H groups in total. The van der Waals surface area contributed by atoms with E-state index in [-0.39, 0.29) is 0 Å². The molecule has 3 heteroatoms. The van der Waals surface area contributed by atoms with Gasteiger partial charge in [0.25, 0.3) is 0 Å². The zero-order chi connectivity index (χ0) is 13.6. The predicted octanol–water partition coefficient (Wildman–Crippen LogP) is 3.03. The first-order valence-electron chi connectivity index (χ1n) is 6.25. The van der Waals surface area contributed by atoms with Crippen LogP contribution in [-0.4, -0.2) is 11.8 Å². The molecule has 2 aromatic rings. The van der Waals surface area contributed by atoms with Crippen molar-refractivity contribution in [3.05, 3.63) is 48.0 Å². The maximum atomic E-state index is 11.9. The van der Waals surface area contributed by atoms with Gasteiger partial charge in [-0.25, -0.2) is 4.79 Å². The fourth-order valence-corrected chi connectivity index (χ4v) is 2.62. The molecule has 1 aliphatic rings. The lowest BCUT2D eigenvalue weighted by Gasteiger charge is -2.23. The van der Waals surface area contributed by atoms with Gasteiger partial charge in [0.15, 0.2) is 0 Å². The predicted molar refractivity (Wildman–Crippen MR) is 71.6 cm³/mol. The molecule has 0 aromatic heterocycles. The second-order valence-corrected chi connectivity index (χ2v) is 5.40. The maximum absolute atomic E-state index is 11.9. The average Bonchev–Trinajstić information content (AvgIpc) is 2.61. The first-order chi connectivity index (χ1) is 9.01. The van der Waals surface area contributed by atoms with Crippen LogP contribution in [0.1, 0.15) is 25.5 Å². The Morgan fingerprint density at radius 3 is 2.37 bits per heavy atom. The number of carbonyl (C=O) groups excluding carboxylic acids is 2. The van der Waals surface area contributed by atoms with Gasteiger partial charge in [0, 0.05) is 5.56 Å². The van der Waals surface area contributed by atoms with E-state index < -0.39 is 23.3 Å². The summed E-state index contributed by atoms with van der Waals surface area (Å²) in [5.41, 5.74) is 0.0728. The molecule has 0 radical (unpaired) electrons. The zero-order valence-electron chi connectivity index (χ0n) is 10.8. The molecule has 0 saturated carbocycles. The highest BCUT2D eigenvalue weighted by Gasteiger charge is 2.51. The number of benzene rings is 2. The van der Waals surface area contributed by atoms with Crippen molar-refractivity contribution in [2.75, 3.05) is 0 Å². The first-order valence-corrected chi connectivity index (χ1v) is 6.25. The van der Waals surface area contributed by atoms with Crippen LogP contribution in [0.3, 0.4) is 0 Å². The second kappa shape index (κ2) is 3.92. The number of ketones is 1. The lowest BCUT2D eigenvalue weighted by atomic mass is 9.80. The van der Waals surface area contributed by atoms with Gasteiger partial charge in [0.05, 0.1) is 5.41 Å². The van der Waals surface area contributed by atoms with Gasteiger partial charge in [-0.3, -0.25) is 4.79 Å². The summed E-state index contributed by atoms with van der Waals surface area (Å²) >= 11 is 0. The molecule has 2 aromatic carbocycles. The van der Waals surface area contributed by atoms with E-state index in [1.807, 2.05) is 42.5 Å². The van der Waals surface area contributed by atoms with Crippen LogP contribution in [0.5, 0.6) is 0 Å². The van der Waals surface area contributed by atoms with Crippen molar-refractivity contribution in [3.8, 4) is 0 Å². The maximum Gasteiger partial charge on any atom is 0.375 e. The van der Waals surface area contributed by atoms with Crippen molar-refractivity contribution in [1.82, 2.24) is 0 Å². The van der Waals surface area contributed by atoms with Gasteiger partial charge in [0.2, 0.25) is 5.78 Å². The van der Waals surface area contributed by atoms with Crippen molar-refractivity contribution in [2.24, 2.45) is 5.41 Å². The average molecular weight is 254 g/mol. The standard InChI is InChI=1S/C16H14O3/c1-16(2)13(17)15(18)19-14(16)12-9-5-7-10-6-3-4-8-11(10)12/h3-9,14H,1-2H3. The molecule has 1 saturated heterocycles. The molecule has 1 aliphatic heterocycles. The Bertz CT molecular complexity index is 680. The van der Waals surface area contributed by atoms with Crippen LogP contribution in [0.2, 0.25) is 0 Å². The molecule has 0 amide bonds. The molecule has 19 heavy (non-hydrogen) atoms. The summed E-state index contributed by atoms with van der Waals surface area (Å²) in [6.07, 6.45) is -0.515. The highest BCUT2D eigenvalue weighted by Crippen LogP contribution is 2.44. The van der Waals surface area contributed by atoms with Crippen LogP contribution in [0.15, 0.2) is 42.5 Å². The molecule has 0 spiro atoms. The highest BCUT2D eigenvalue weighted by molar-refractivity contribution is 6.37. The number of cyclic esters (lactones) is 1. The number of esters is 1. The number of hydrogen-bond donors (Lipinski definition) is 0. The molecule has 1 atom stereocenters. The molecule has 0 bridgehead atoms. The number of hydrogen-bond acceptors (Lipinski definition) is 3. The summed E-state index contributed by atoms with van der Waals surface area (Å²) in [5, 5.41) is 2.09. The molecule has 3 rings (SSSR count). The van der Waals surface area contributed by atoms with Gasteiger partial charge in [0.1, 0.15) is 6.10 Å². The molecule has 0 aliphatic carbocycles. The third-order valence-corrected chi connectivity index (χ3v) is 3.76. The molecule has 1 heterocycles. The van der Waals surface area contributed by atoms with Gasteiger partial charge in [-0.15, -0.1) is 0 Å². The zero-order valence-corrected chi connectivity index (χ0v) is 10.8. The summed E-state index contributed by atoms with van der Waals surface area (Å²) in [7, 11) is 0. The van der Waals surface area contributed by atoms with E-state index in [1.165, 1.54) is 0 Å². The van der Waals surface area contributed by atoms with E-state index in [0.717, 1.165) is 16.3 Å². The third-order valence-electron chi connectivity index (χ3n) is 3.76. The highest BCUT2D eigenvalue weighted by atomic mass is 16.6. The van der Waals surface area contributed by atoms with E-state index in [9.17, 15) is 9.59 Å². The van der Waals surface area contributed by atoms with Crippen molar-refractivity contribution in [2.45, 2.75) is 20.0 Å². The summed E-state index contributed by atoms with van der Waals surface area (Å²) in [6, 6.07) is 13.7. The molecular formula is C16H14O3. The van der Waals surface area contributed by atoms with Crippen molar-refractivity contribution in [1.29, 1.82) is 0 Å². The molecule has 1 fully saturated rings. The fourth-order valence-electron chi connectivity index (χ4n) is 2.62. The SMILES string of the molecule is CC1(C)C(=O)C(=O)OC1c1cccc2ccccc12. The Labute approximate surface area is 111 Å². The number of Topliss-reactive ketones (excluding diaryl/α,β-unsaturated/α-hetero) is 1. The Hall–Kier alpha value is -2.16. The lowest BCUT2D eigenvalue weighted by molar-refractivity contribution is -0.149. The number of carbonyl (C=O) groups is 2. The van der Waals surface area contributed by atoms with Gasteiger partial charge in [-0.2, -0.15) is 0 Å². The quantitative estimate of drug-likeness (QED) is 0.580. The van der Waals surface area contributed by atoms with Crippen LogP contribution in [0.25, 0.3) is 10.8 Å². The van der Waals surface area contributed by atoms with E-state index >= 15 is 0 Å². The minimum absolute atomic E-state index is 0.453. The Morgan fingerprint density at radius 1 is 1.00 bits per heavy atom. The summed E-state index contributed by atoms with van der Waals surface area (Å²) < 4.78 is 5.29. The van der Waals surface area contributed by atoms with Crippen LogP contribution in [-0.2, 0) is 14.3 Å². The minimum Gasteiger partial charge on any atom is -0.451 e. The Kier molecular flexibility index (Phi) is 2.45. The lowest BCUT2D eigenvalue weighted by Crippen LogP contribution is -2.25. The van der Waals surface area contributed by atoms with Crippen molar-refractivity contribution < 1.29 is 14.3 Å². The van der Waals surface area contributed by atoms with Gasteiger partial charge in [-0.05, 0) is 24.6 Å². The number of rotatable bonds is 1. The second-order valence-electron chi connectivity index (χ2n) is 5.40. The van der Waals surface area contributed by atoms with Gasteiger partial charge < -0.3 is 4.74 Å². The summed E-state index contributed by atoms with van der Waals surface area (Å²) in [6.45, 7) is 3.51. The molecule has 1 unspecified atom stereocenters. The van der Waals surface area contributed by atoms with Crippen LogP contribution < -0.4 is 0 Å². The van der Waals surface area contributed by atoms with E-state index in [1.54, 1.807) is 13.8 Å². The smallest absolute Gasteiger partial charge is 0.375 e. The minimum atomic E-state index is -0.818.